The maximum absolute atomic E-state index is 13.1. The first-order valence-corrected chi connectivity index (χ1v) is 14.2. The lowest BCUT2D eigenvalue weighted by Gasteiger charge is -2.60. The molecule has 0 N–H and O–H groups in total. The average Bonchev–Trinajstić information content (AvgIpc) is 3.05. The Balaban J connectivity index is 1.68. The highest BCUT2D eigenvalue weighted by atomic mass is 16.5. The molecule has 0 heterocycles. The van der Waals surface area contributed by atoms with Gasteiger partial charge in [-0.05, 0) is 85.4 Å². The molecule has 0 spiro atoms. The number of rotatable bonds is 6. The molecule has 4 aliphatic rings. The Kier molecular flexibility index (Phi) is 6.69. The Labute approximate surface area is 208 Å². The van der Waals surface area contributed by atoms with Crippen molar-refractivity contribution in [2.24, 2.45) is 45.3 Å². The lowest BCUT2D eigenvalue weighted by Crippen LogP contribution is -2.54. The molecule has 0 radical (unpaired) electrons. The summed E-state index contributed by atoms with van der Waals surface area (Å²) in [6, 6.07) is 0. The van der Waals surface area contributed by atoms with Crippen LogP contribution in [0.5, 0.6) is 0 Å². The SMILES string of the molecule is COC(=O)C(CCCC(C)C)C1CCC2(C)C3=C(CCC12C)C1(C)CCC(=O)C(C)(C)C1CC3. The number of Topliss-reactive ketones (excluding diaryl/α,β-unsaturated/α-hetero) is 1. The summed E-state index contributed by atoms with van der Waals surface area (Å²) in [5.74, 6) is 2.05. The number of allylic oxidation sites excluding steroid dienone is 2. The van der Waals surface area contributed by atoms with Crippen molar-refractivity contribution in [1.29, 1.82) is 0 Å². The molecule has 0 bridgehead atoms. The zero-order chi connectivity index (χ0) is 25.1. The van der Waals surface area contributed by atoms with Crippen molar-refractivity contribution in [2.45, 2.75) is 119 Å². The molecule has 2 saturated carbocycles. The first-order chi connectivity index (χ1) is 15.8. The number of esters is 1. The number of hydrogen-bond acceptors (Lipinski definition) is 3. The van der Waals surface area contributed by atoms with Gasteiger partial charge in [-0.2, -0.15) is 0 Å². The first-order valence-electron chi connectivity index (χ1n) is 14.2. The molecule has 34 heavy (non-hydrogen) atoms. The Hall–Kier alpha value is -1.12. The summed E-state index contributed by atoms with van der Waals surface area (Å²) in [7, 11) is 1.57. The second kappa shape index (κ2) is 8.77. The molecule has 0 aromatic rings. The molecule has 4 rings (SSSR count). The molecule has 6 unspecified atom stereocenters. The van der Waals surface area contributed by atoms with Gasteiger partial charge < -0.3 is 4.74 Å². The van der Waals surface area contributed by atoms with Gasteiger partial charge in [-0.1, -0.05) is 72.5 Å². The monoisotopic (exact) mass is 470 g/mol. The Morgan fingerprint density at radius 1 is 0.941 bits per heavy atom. The highest BCUT2D eigenvalue weighted by Crippen LogP contribution is 2.72. The van der Waals surface area contributed by atoms with Crippen LogP contribution in [-0.2, 0) is 14.3 Å². The summed E-state index contributed by atoms with van der Waals surface area (Å²) < 4.78 is 5.38. The fourth-order valence-electron chi connectivity index (χ4n) is 9.56. The van der Waals surface area contributed by atoms with Gasteiger partial charge in [0.05, 0.1) is 13.0 Å². The van der Waals surface area contributed by atoms with Gasteiger partial charge in [-0.3, -0.25) is 9.59 Å². The molecule has 4 aliphatic carbocycles. The van der Waals surface area contributed by atoms with Gasteiger partial charge in [-0.25, -0.2) is 0 Å². The van der Waals surface area contributed by atoms with E-state index in [2.05, 4.69) is 48.5 Å². The molecule has 0 aromatic heterocycles. The van der Waals surface area contributed by atoms with Crippen molar-refractivity contribution in [2.75, 3.05) is 7.11 Å². The van der Waals surface area contributed by atoms with Crippen molar-refractivity contribution in [3.8, 4) is 0 Å². The number of methoxy groups -OCH3 is 1. The van der Waals surface area contributed by atoms with Crippen LogP contribution in [0, 0.1) is 45.3 Å². The summed E-state index contributed by atoms with van der Waals surface area (Å²) >= 11 is 0. The number of ketones is 1. The van der Waals surface area contributed by atoms with Crippen LogP contribution >= 0.6 is 0 Å². The molecule has 0 amide bonds. The van der Waals surface area contributed by atoms with E-state index in [0.717, 1.165) is 51.4 Å². The molecule has 0 aliphatic heterocycles. The third-order valence-electron chi connectivity index (χ3n) is 11.8. The van der Waals surface area contributed by atoms with E-state index in [9.17, 15) is 9.59 Å². The molecule has 3 heteroatoms. The van der Waals surface area contributed by atoms with Gasteiger partial charge in [-0.15, -0.1) is 0 Å². The van der Waals surface area contributed by atoms with Crippen molar-refractivity contribution >= 4 is 11.8 Å². The van der Waals surface area contributed by atoms with E-state index in [1.807, 2.05) is 0 Å². The number of ether oxygens (including phenoxy) is 1. The summed E-state index contributed by atoms with van der Waals surface area (Å²) in [4.78, 5) is 25.9. The molecule has 0 aromatic carbocycles. The van der Waals surface area contributed by atoms with Gasteiger partial charge in [0.1, 0.15) is 5.78 Å². The van der Waals surface area contributed by atoms with E-state index >= 15 is 0 Å². The highest BCUT2D eigenvalue weighted by Gasteiger charge is 2.64. The van der Waals surface area contributed by atoms with Crippen LogP contribution in [0.2, 0.25) is 0 Å². The third kappa shape index (κ3) is 3.65. The number of fused-ring (bicyclic) bond motifs is 4. The van der Waals surface area contributed by atoms with Crippen LogP contribution in [0.1, 0.15) is 119 Å². The smallest absolute Gasteiger partial charge is 0.308 e. The fraction of sp³-hybridized carbons (Fsp3) is 0.871. The lowest BCUT2D eigenvalue weighted by molar-refractivity contribution is -0.150. The van der Waals surface area contributed by atoms with Crippen LogP contribution in [0.4, 0.5) is 0 Å². The van der Waals surface area contributed by atoms with Crippen LogP contribution in [0.15, 0.2) is 11.1 Å². The van der Waals surface area contributed by atoms with Crippen LogP contribution < -0.4 is 0 Å². The minimum atomic E-state index is -0.211. The van der Waals surface area contributed by atoms with Crippen molar-refractivity contribution < 1.29 is 14.3 Å². The predicted molar refractivity (Wildman–Crippen MR) is 138 cm³/mol. The standard InChI is InChI=1S/C31H50O3/c1-20(2)10-9-11-21(27(33)34-8)22-14-18-31(7)24-12-13-25-28(3,4)26(32)16-17-29(25,5)23(24)15-19-30(22,31)6/h20-22,25H,9-19H2,1-8H3. The molecule has 6 atom stereocenters. The molecular formula is C31H50O3. The zero-order valence-electron chi connectivity index (χ0n) is 23.3. The second-order valence-electron chi connectivity index (χ2n) is 14.0. The third-order valence-corrected chi connectivity index (χ3v) is 11.8. The van der Waals surface area contributed by atoms with E-state index in [1.54, 1.807) is 18.3 Å². The molecule has 0 saturated heterocycles. The van der Waals surface area contributed by atoms with Gasteiger partial charge in [0.15, 0.2) is 0 Å². The largest absolute Gasteiger partial charge is 0.469 e. The quantitative estimate of drug-likeness (QED) is 0.292. The molecule has 192 valence electrons. The summed E-state index contributed by atoms with van der Waals surface area (Å²) in [6.45, 7) is 16.5. The molecule has 2 fully saturated rings. The highest BCUT2D eigenvalue weighted by molar-refractivity contribution is 5.85. The summed E-state index contributed by atoms with van der Waals surface area (Å²) in [5, 5.41) is 0. The van der Waals surface area contributed by atoms with Gasteiger partial charge in [0, 0.05) is 11.8 Å². The maximum Gasteiger partial charge on any atom is 0.308 e. The Bertz CT molecular complexity index is 866. The zero-order valence-corrected chi connectivity index (χ0v) is 23.3. The predicted octanol–water partition coefficient (Wildman–Crippen LogP) is 7.92. The normalized spacial score (nSPS) is 40.0. The van der Waals surface area contributed by atoms with Crippen molar-refractivity contribution in [3.63, 3.8) is 0 Å². The van der Waals surface area contributed by atoms with Crippen LogP contribution in [0.25, 0.3) is 0 Å². The van der Waals surface area contributed by atoms with Gasteiger partial charge in [0.25, 0.3) is 0 Å². The summed E-state index contributed by atoms with van der Waals surface area (Å²) in [6.07, 6.45) is 11.9. The topological polar surface area (TPSA) is 43.4 Å². The molecule has 3 nitrogen and oxygen atoms in total. The van der Waals surface area contributed by atoms with E-state index in [4.69, 9.17) is 4.74 Å². The van der Waals surface area contributed by atoms with E-state index in [0.29, 0.717) is 23.5 Å². The second-order valence-corrected chi connectivity index (χ2v) is 14.0. The van der Waals surface area contributed by atoms with Crippen LogP contribution in [-0.4, -0.2) is 18.9 Å². The lowest BCUT2D eigenvalue weighted by atomic mass is 9.43. The van der Waals surface area contributed by atoms with E-state index < -0.39 is 0 Å². The average molecular weight is 471 g/mol. The minimum Gasteiger partial charge on any atom is -0.469 e. The van der Waals surface area contributed by atoms with Gasteiger partial charge >= 0.3 is 5.97 Å². The van der Waals surface area contributed by atoms with Crippen molar-refractivity contribution in [1.82, 2.24) is 0 Å². The number of carbonyl (C=O) groups excluding carboxylic acids is 2. The minimum absolute atomic E-state index is 0.0159. The Morgan fingerprint density at radius 2 is 1.65 bits per heavy atom. The van der Waals surface area contributed by atoms with Crippen molar-refractivity contribution in [3.05, 3.63) is 11.1 Å². The fourth-order valence-corrected chi connectivity index (χ4v) is 9.56. The first kappa shape index (κ1) is 26.0. The molecular weight excluding hydrogens is 420 g/mol. The number of hydrogen-bond donors (Lipinski definition) is 0. The van der Waals surface area contributed by atoms with Gasteiger partial charge in [0.2, 0.25) is 0 Å². The maximum atomic E-state index is 13.1. The summed E-state index contributed by atoms with van der Waals surface area (Å²) in [5.41, 5.74) is 3.68. The van der Waals surface area contributed by atoms with E-state index in [-0.39, 0.29) is 33.5 Å². The Morgan fingerprint density at radius 3 is 2.29 bits per heavy atom. The number of carbonyl (C=O) groups is 2. The van der Waals surface area contributed by atoms with E-state index in [1.165, 1.54) is 19.3 Å². The van der Waals surface area contributed by atoms with Crippen LogP contribution in [0.3, 0.4) is 0 Å².